The van der Waals surface area contributed by atoms with Gasteiger partial charge in [0.25, 0.3) is 0 Å². The Morgan fingerprint density at radius 1 is 1.16 bits per heavy atom. The lowest BCUT2D eigenvalue weighted by Crippen LogP contribution is -2.14. The van der Waals surface area contributed by atoms with Crippen LogP contribution >= 0.6 is 0 Å². The van der Waals surface area contributed by atoms with Crippen LogP contribution in [0.5, 0.6) is 0 Å². The Balaban J connectivity index is 2.29. The van der Waals surface area contributed by atoms with E-state index in [9.17, 15) is 9.59 Å². The summed E-state index contributed by atoms with van der Waals surface area (Å²) in [5, 5.41) is 8.90. The highest BCUT2D eigenvalue weighted by atomic mass is 16.5. The molecule has 0 aromatic heterocycles. The van der Waals surface area contributed by atoms with Gasteiger partial charge >= 0.3 is 11.9 Å². The molecular weight excluding hydrogens is 248 g/mol. The molecule has 102 valence electrons. The van der Waals surface area contributed by atoms with Crippen molar-refractivity contribution in [1.82, 2.24) is 0 Å². The summed E-state index contributed by atoms with van der Waals surface area (Å²) in [7, 11) is 0. The Bertz CT molecular complexity index is 436. The van der Waals surface area contributed by atoms with E-state index in [0.29, 0.717) is 0 Å². The highest BCUT2D eigenvalue weighted by molar-refractivity contribution is 5.91. The minimum absolute atomic E-state index is 0.109. The van der Waals surface area contributed by atoms with Gasteiger partial charge in [-0.2, -0.15) is 0 Å². The number of carbonyl (C=O) groups excluding carboxylic acids is 2. The minimum atomic E-state index is -0.734. The van der Waals surface area contributed by atoms with Crippen molar-refractivity contribution >= 4 is 11.9 Å². The van der Waals surface area contributed by atoms with Crippen molar-refractivity contribution in [1.29, 1.82) is 0 Å². The van der Waals surface area contributed by atoms with E-state index in [2.05, 4.69) is 4.74 Å². The molecule has 1 unspecified atom stereocenters. The molecule has 1 rings (SSSR count). The largest absolute Gasteiger partial charge is 0.460 e. The molecule has 1 aromatic carbocycles. The fourth-order valence-electron chi connectivity index (χ4n) is 1.16. The van der Waals surface area contributed by atoms with Gasteiger partial charge in [-0.25, -0.2) is 9.59 Å². The van der Waals surface area contributed by atoms with Gasteiger partial charge in [0.15, 0.2) is 0 Å². The molecule has 0 radical (unpaired) electrons. The van der Waals surface area contributed by atoms with Gasteiger partial charge < -0.3 is 14.6 Å². The summed E-state index contributed by atoms with van der Waals surface area (Å²) in [6.07, 6.45) is 1.23. The number of ether oxygens (including phenoxy) is 2. The van der Waals surface area contributed by atoms with Crippen LogP contribution in [0.3, 0.4) is 0 Å². The average Bonchev–Trinajstić information content (AvgIpc) is 2.41. The number of aliphatic hydroxyl groups is 1. The van der Waals surface area contributed by atoms with E-state index >= 15 is 0 Å². The van der Waals surface area contributed by atoms with Gasteiger partial charge in [-0.3, -0.25) is 0 Å². The molecule has 0 fully saturated rings. The molecule has 1 N–H and O–H groups in total. The van der Waals surface area contributed by atoms with Crippen molar-refractivity contribution in [3.63, 3.8) is 0 Å². The zero-order valence-corrected chi connectivity index (χ0v) is 10.6. The topological polar surface area (TPSA) is 72.8 Å². The Morgan fingerprint density at radius 3 is 2.32 bits per heavy atom. The van der Waals surface area contributed by atoms with Crippen molar-refractivity contribution < 1.29 is 24.2 Å². The first-order chi connectivity index (χ1) is 9.08. The van der Waals surface area contributed by atoms with Crippen LogP contribution in [0.2, 0.25) is 0 Å². The van der Waals surface area contributed by atoms with Crippen LogP contribution in [0, 0.1) is 0 Å². The van der Waals surface area contributed by atoms with Crippen molar-refractivity contribution in [2.24, 2.45) is 0 Å². The van der Waals surface area contributed by atoms with Gasteiger partial charge in [0.1, 0.15) is 13.2 Å². The van der Waals surface area contributed by atoms with Crippen molar-refractivity contribution in [3.8, 4) is 0 Å². The highest BCUT2D eigenvalue weighted by Gasteiger charge is 2.03. The van der Waals surface area contributed by atoms with E-state index in [1.165, 1.54) is 6.92 Å². The third-order valence-electron chi connectivity index (χ3n) is 2.05. The predicted octanol–water partition coefficient (Wildman–Crippen LogP) is 1.21. The standard InChI is InChI=1S/C14H16O5/c1-11(15)9-18-13(16)7-8-14(17)19-10-12-5-3-2-4-6-12/h2-8,11,15H,9-10H2,1H3. The Labute approximate surface area is 111 Å². The van der Waals surface area contributed by atoms with Gasteiger partial charge in [-0.1, -0.05) is 30.3 Å². The normalized spacial score (nSPS) is 12.1. The fourth-order valence-corrected chi connectivity index (χ4v) is 1.16. The monoisotopic (exact) mass is 264 g/mol. The first-order valence-electron chi connectivity index (χ1n) is 5.81. The number of aliphatic hydroxyl groups excluding tert-OH is 1. The molecule has 0 aliphatic rings. The van der Waals surface area contributed by atoms with Gasteiger partial charge in [0.05, 0.1) is 6.10 Å². The van der Waals surface area contributed by atoms with E-state index in [-0.39, 0.29) is 13.2 Å². The quantitative estimate of drug-likeness (QED) is 0.617. The summed E-state index contributed by atoms with van der Waals surface area (Å²) < 4.78 is 9.55. The lowest BCUT2D eigenvalue weighted by Gasteiger charge is -2.03. The van der Waals surface area contributed by atoms with Crippen LogP contribution < -0.4 is 0 Å². The number of benzene rings is 1. The Morgan fingerprint density at radius 2 is 1.74 bits per heavy atom. The smallest absolute Gasteiger partial charge is 0.331 e. The first-order valence-corrected chi connectivity index (χ1v) is 5.81. The van der Waals surface area contributed by atoms with Crippen LogP contribution in [0.1, 0.15) is 12.5 Å². The Hall–Kier alpha value is -2.14. The van der Waals surface area contributed by atoms with E-state index in [4.69, 9.17) is 9.84 Å². The molecule has 0 aliphatic carbocycles. The molecule has 1 aromatic rings. The minimum Gasteiger partial charge on any atom is -0.460 e. The molecule has 0 aliphatic heterocycles. The Kier molecular flexibility index (Phi) is 6.32. The molecule has 0 saturated heterocycles. The molecule has 19 heavy (non-hydrogen) atoms. The molecule has 0 heterocycles. The second kappa shape index (κ2) is 8.05. The summed E-state index contributed by atoms with van der Waals surface area (Å²) in [5.41, 5.74) is 0.862. The lowest BCUT2D eigenvalue weighted by atomic mass is 10.2. The molecule has 5 heteroatoms. The van der Waals surface area contributed by atoms with E-state index in [1.54, 1.807) is 0 Å². The molecule has 0 bridgehead atoms. The third-order valence-corrected chi connectivity index (χ3v) is 2.05. The highest BCUT2D eigenvalue weighted by Crippen LogP contribution is 2.00. The number of carbonyl (C=O) groups is 2. The predicted molar refractivity (Wildman–Crippen MR) is 68.0 cm³/mol. The fraction of sp³-hybridized carbons (Fsp3) is 0.286. The maximum absolute atomic E-state index is 11.3. The van der Waals surface area contributed by atoms with Gasteiger partial charge in [-0.15, -0.1) is 0 Å². The summed E-state index contributed by atoms with van der Waals surface area (Å²) in [5.74, 6) is -1.32. The molecule has 0 saturated carbocycles. The summed E-state index contributed by atoms with van der Waals surface area (Å²) in [6.45, 7) is 1.53. The van der Waals surface area contributed by atoms with Gasteiger partial charge in [0, 0.05) is 12.2 Å². The van der Waals surface area contributed by atoms with E-state index in [1.807, 2.05) is 30.3 Å². The molecular formula is C14H16O5. The maximum Gasteiger partial charge on any atom is 0.331 e. The number of hydrogen-bond donors (Lipinski definition) is 1. The number of esters is 2. The third kappa shape index (κ3) is 7.00. The number of rotatable bonds is 6. The SMILES string of the molecule is CC(O)COC(=O)C=CC(=O)OCc1ccccc1. The van der Waals surface area contributed by atoms with Crippen LogP contribution in [0.25, 0.3) is 0 Å². The summed E-state index contributed by atoms with van der Waals surface area (Å²) in [6, 6.07) is 9.20. The molecule has 0 amide bonds. The average molecular weight is 264 g/mol. The lowest BCUT2D eigenvalue weighted by molar-refractivity contribution is -0.142. The van der Waals surface area contributed by atoms with Crippen LogP contribution in [-0.2, 0) is 25.7 Å². The first kappa shape index (κ1) is 14.9. The van der Waals surface area contributed by atoms with Gasteiger partial charge in [0.2, 0.25) is 0 Å². The molecule has 1 atom stereocenters. The van der Waals surface area contributed by atoms with Crippen molar-refractivity contribution in [2.45, 2.75) is 19.6 Å². The van der Waals surface area contributed by atoms with Crippen LogP contribution in [0.15, 0.2) is 42.5 Å². The molecule has 0 spiro atoms. The zero-order valence-electron chi connectivity index (χ0n) is 10.6. The summed E-state index contributed by atoms with van der Waals surface area (Å²) in [4.78, 5) is 22.4. The maximum atomic E-state index is 11.3. The van der Waals surface area contributed by atoms with Crippen LogP contribution in [-0.4, -0.2) is 29.8 Å². The van der Waals surface area contributed by atoms with Crippen molar-refractivity contribution in [3.05, 3.63) is 48.0 Å². The second-order valence-corrected chi connectivity index (χ2v) is 3.91. The van der Waals surface area contributed by atoms with E-state index in [0.717, 1.165) is 17.7 Å². The second-order valence-electron chi connectivity index (χ2n) is 3.91. The molecule has 5 nitrogen and oxygen atoms in total. The number of hydrogen-bond acceptors (Lipinski definition) is 5. The van der Waals surface area contributed by atoms with E-state index < -0.39 is 18.0 Å². The van der Waals surface area contributed by atoms with Crippen molar-refractivity contribution in [2.75, 3.05) is 6.61 Å². The zero-order chi connectivity index (χ0) is 14.1. The summed E-state index contributed by atoms with van der Waals surface area (Å²) >= 11 is 0. The van der Waals surface area contributed by atoms with Crippen LogP contribution in [0.4, 0.5) is 0 Å². The van der Waals surface area contributed by atoms with Gasteiger partial charge in [-0.05, 0) is 12.5 Å².